The lowest BCUT2D eigenvalue weighted by atomic mass is 9.94. The number of hydrogen-bond donors (Lipinski definition) is 1. The van der Waals surface area contributed by atoms with Crippen LogP contribution in [0.5, 0.6) is 0 Å². The Bertz CT molecular complexity index is 858. The van der Waals surface area contributed by atoms with Crippen LogP contribution in [0.25, 0.3) is 0 Å². The smallest absolute Gasteiger partial charge is 0.273 e. The van der Waals surface area contributed by atoms with E-state index in [0.29, 0.717) is 6.54 Å². The van der Waals surface area contributed by atoms with Gasteiger partial charge in [-0.25, -0.2) is 4.68 Å². The molecule has 8 heteroatoms. The van der Waals surface area contributed by atoms with Gasteiger partial charge in [-0.1, -0.05) is 29.5 Å². The SMILES string of the molecule is CN(C)C(=O)Cn1cc(C(=O)NCC(C)(C)N2CCc3ccccc3C2)nn1. The summed E-state index contributed by atoms with van der Waals surface area (Å²) in [5.74, 6) is -0.391. The number of amides is 2. The molecule has 2 heterocycles. The Labute approximate surface area is 165 Å². The average molecular weight is 384 g/mol. The zero-order valence-corrected chi connectivity index (χ0v) is 17.0. The van der Waals surface area contributed by atoms with Gasteiger partial charge in [0.05, 0.1) is 6.20 Å². The van der Waals surface area contributed by atoms with Crippen molar-refractivity contribution in [3.05, 3.63) is 47.3 Å². The second kappa shape index (κ2) is 8.10. The molecule has 0 radical (unpaired) electrons. The van der Waals surface area contributed by atoms with Gasteiger partial charge in [-0.05, 0) is 31.4 Å². The van der Waals surface area contributed by atoms with Crippen LogP contribution in [0.3, 0.4) is 0 Å². The van der Waals surface area contributed by atoms with E-state index in [1.807, 2.05) is 0 Å². The standard InChI is InChI=1S/C20H28N6O2/c1-20(2,25-10-9-15-7-5-6-8-16(15)11-25)14-21-19(28)17-12-26(23-22-17)13-18(27)24(3)4/h5-8,12H,9-11,13-14H2,1-4H3,(H,21,28). The van der Waals surface area contributed by atoms with Crippen molar-refractivity contribution >= 4 is 11.8 Å². The summed E-state index contributed by atoms with van der Waals surface area (Å²) in [6.07, 6.45) is 2.52. The summed E-state index contributed by atoms with van der Waals surface area (Å²) < 4.78 is 1.38. The first kappa shape index (κ1) is 20.0. The number of carbonyl (C=O) groups is 2. The maximum atomic E-state index is 12.5. The number of nitrogens with one attached hydrogen (secondary N) is 1. The van der Waals surface area contributed by atoms with Crippen molar-refractivity contribution in [2.75, 3.05) is 27.2 Å². The molecule has 28 heavy (non-hydrogen) atoms. The van der Waals surface area contributed by atoms with Gasteiger partial charge in [0.15, 0.2) is 5.69 Å². The molecule has 0 unspecified atom stereocenters. The monoisotopic (exact) mass is 384 g/mol. The van der Waals surface area contributed by atoms with Gasteiger partial charge in [-0.15, -0.1) is 5.10 Å². The number of carbonyl (C=O) groups excluding carboxylic acids is 2. The van der Waals surface area contributed by atoms with Crippen molar-refractivity contribution in [3.63, 3.8) is 0 Å². The molecule has 2 aromatic rings. The van der Waals surface area contributed by atoms with Gasteiger partial charge in [0.1, 0.15) is 6.54 Å². The molecule has 0 saturated heterocycles. The van der Waals surface area contributed by atoms with Crippen LogP contribution in [0, 0.1) is 0 Å². The van der Waals surface area contributed by atoms with Gasteiger partial charge in [0.25, 0.3) is 5.91 Å². The summed E-state index contributed by atoms with van der Waals surface area (Å²) in [6, 6.07) is 8.51. The van der Waals surface area contributed by atoms with Crippen LogP contribution in [0.4, 0.5) is 0 Å². The third kappa shape index (κ3) is 4.56. The fourth-order valence-electron chi connectivity index (χ4n) is 3.27. The normalized spacial score (nSPS) is 14.4. The Morgan fingerprint density at radius 2 is 1.93 bits per heavy atom. The largest absolute Gasteiger partial charge is 0.349 e. The zero-order valence-electron chi connectivity index (χ0n) is 17.0. The lowest BCUT2D eigenvalue weighted by Gasteiger charge is -2.41. The van der Waals surface area contributed by atoms with E-state index < -0.39 is 0 Å². The highest BCUT2D eigenvalue weighted by Gasteiger charge is 2.30. The number of hydrogen-bond acceptors (Lipinski definition) is 5. The van der Waals surface area contributed by atoms with Crippen molar-refractivity contribution in [2.45, 2.75) is 38.9 Å². The molecular formula is C20H28N6O2. The molecule has 0 spiro atoms. The molecule has 1 N–H and O–H groups in total. The minimum Gasteiger partial charge on any atom is -0.349 e. The Morgan fingerprint density at radius 3 is 2.64 bits per heavy atom. The molecule has 1 aromatic heterocycles. The van der Waals surface area contributed by atoms with Crippen LogP contribution in [0.1, 0.15) is 35.5 Å². The second-order valence-electron chi connectivity index (χ2n) is 8.02. The predicted octanol–water partition coefficient (Wildman–Crippen LogP) is 0.933. The van der Waals surface area contributed by atoms with Crippen molar-refractivity contribution in [1.29, 1.82) is 0 Å². The Balaban J connectivity index is 1.57. The van der Waals surface area contributed by atoms with Gasteiger partial charge < -0.3 is 10.2 Å². The molecule has 0 aliphatic carbocycles. The summed E-state index contributed by atoms with van der Waals surface area (Å²) in [4.78, 5) is 28.1. The van der Waals surface area contributed by atoms with Crippen molar-refractivity contribution < 1.29 is 9.59 Å². The minimum absolute atomic E-state index is 0.0615. The van der Waals surface area contributed by atoms with E-state index >= 15 is 0 Å². The van der Waals surface area contributed by atoms with Crippen LogP contribution < -0.4 is 5.32 Å². The first-order chi connectivity index (χ1) is 13.3. The van der Waals surface area contributed by atoms with Crippen molar-refractivity contribution in [2.24, 2.45) is 0 Å². The lowest BCUT2D eigenvalue weighted by molar-refractivity contribution is -0.129. The topological polar surface area (TPSA) is 83.4 Å². The third-order valence-electron chi connectivity index (χ3n) is 5.24. The van der Waals surface area contributed by atoms with Crippen LogP contribution in [-0.2, 0) is 24.3 Å². The fourth-order valence-corrected chi connectivity index (χ4v) is 3.27. The number of rotatable bonds is 6. The summed E-state index contributed by atoms with van der Waals surface area (Å²) in [6.45, 7) is 6.66. The van der Waals surface area contributed by atoms with Crippen molar-refractivity contribution in [1.82, 2.24) is 30.1 Å². The highest BCUT2D eigenvalue weighted by Crippen LogP contribution is 2.24. The van der Waals surface area contributed by atoms with Gasteiger partial charge in [0.2, 0.25) is 5.91 Å². The molecule has 8 nitrogen and oxygen atoms in total. The molecule has 3 rings (SSSR count). The van der Waals surface area contributed by atoms with Crippen molar-refractivity contribution in [3.8, 4) is 0 Å². The Kier molecular flexibility index (Phi) is 5.79. The molecular weight excluding hydrogens is 356 g/mol. The second-order valence-corrected chi connectivity index (χ2v) is 8.02. The molecule has 0 saturated carbocycles. The van der Waals surface area contributed by atoms with Crippen LogP contribution in [0.2, 0.25) is 0 Å². The molecule has 0 fully saturated rings. The highest BCUT2D eigenvalue weighted by molar-refractivity contribution is 5.92. The fraction of sp³-hybridized carbons (Fsp3) is 0.500. The summed E-state index contributed by atoms with van der Waals surface area (Å²) in [5, 5.41) is 10.7. The number of nitrogens with zero attached hydrogens (tertiary/aromatic N) is 5. The number of likely N-dealkylation sites (N-methyl/N-ethyl adjacent to an activating group) is 1. The highest BCUT2D eigenvalue weighted by atomic mass is 16.2. The summed E-state index contributed by atoms with van der Waals surface area (Å²) in [7, 11) is 3.35. The maximum Gasteiger partial charge on any atom is 0.273 e. The zero-order chi connectivity index (χ0) is 20.3. The molecule has 1 aliphatic heterocycles. The lowest BCUT2D eigenvalue weighted by Crippen LogP contribution is -2.53. The number of fused-ring (bicyclic) bond motifs is 1. The first-order valence-electron chi connectivity index (χ1n) is 9.46. The predicted molar refractivity (Wildman–Crippen MR) is 106 cm³/mol. The van der Waals surface area contributed by atoms with E-state index in [0.717, 1.165) is 19.5 Å². The molecule has 0 bridgehead atoms. The molecule has 1 aliphatic rings. The van der Waals surface area contributed by atoms with Crippen LogP contribution in [-0.4, -0.2) is 69.3 Å². The van der Waals surface area contributed by atoms with E-state index in [9.17, 15) is 9.59 Å². The van der Waals surface area contributed by atoms with Gasteiger partial charge in [-0.2, -0.15) is 0 Å². The molecule has 2 amide bonds. The maximum absolute atomic E-state index is 12.5. The van der Waals surface area contributed by atoms with Crippen LogP contribution in [0.15, 0.2) is 30.5 Å². The van der Waals surface area contributed by atoms with Gasteiger partial charge in [0, 0.05) is 39.3 Å². The van der Waals surface area contributed by atoms with E-state index in [2.05, 4.69) is 58.6 Å². The molecule has 0 atom stereocenters. The quantitative estimate of drug-likeness (QED) is 0.801. The molecule has 1 aromatic carbocycles. The van der Waals surface area contributed by atoms with E-state index in [-0.39, 0.29) is 29.6 Å². The summed E-state index contributed by atoms with van der Waals surface area (Å²) >= 11 is 0. The number of benzene rings is 1. The minimum atomic E-state index is -0.283. The van der Waals surface area contributed by atoms with E-state index in [4.69, 9.17) is 0 Å². The first-order valence-corrected chi connectivity index (χ1v) is 9.46. The molecule has 150 valence electrons. The van der Waals surface area contributed by atoms with E-state index in [1.165, 1.54) is 26.9 Å². The Morgan fingerprint density at radius 1 is 1.21 bits per heavy atom. The Hall–Kier alpha value is -2.74. The third-order valence-corrected chi connectivity index (χ3v) is 5.24. The van der Waals surface area contributed by atoms with Crippen LogP contribution >= 0.6 is 0 Å². The van der Waals surface area contributed by atoms with Gasteiger partial charge >= 0.3 is 0 Å². The summed E-state index contributed by atoms with van der Waals surface area (Å²) in [5.41, 5.74) is 2.77. The number of aromatic nitrogens is 3. The van der Waals surface area contributed by atoms with Gasteiger partial charge in [-0.3, -0.25) is 14.5 Å². The van der Waals surface area contributed by atoms with E-state index in [1.54, 1.807) is 14.1 Å². The average Bonchev–Trinajstić information content (AvgIpc) is 3.14.